The highest BCUT2D eigenvalue weighted by Gasteiger charge is 2.22. The Bertz CT molecular complexity index is 586. The van der Waals surface area contributed by atoms with Gasteiger partial charge in [-0.05, 0) is 38.4 Å². The largest absolute Gasteiger partial charge is 0.353 e. The normalized spacial score (nSPS) is 20.3. The van der Waals surface area contributed by atoms with Crippen LogP contribution in [0.25, 0.3) is 10.2 Å². The monoisotopic (exact) mass is 303 g/mol. The summed E-state index contributed by atoms with van der Waals surface area (Å²) in [5, 5.41) is 7.50. The van der Waals surface area contributed by atoms with Gasteiger partial charge in [0.15, 0.2) is 0 Å². The van der Waals surface area contributed by atoms with Gasteiger partial charge in [0.2, 0.25) is 5.91 Å². The van der Waals surface area contributed by atoms with Crippen LogP contribution in [0.4, 0.5) is 0 Å². The van der Waals surface area contributed by atoms with Gasteiger partial charge < -0.3 is 10.6 Å². The number of hydrogen-bond donors (Lipinski definition) is 2. The minimum absolute atomic E-state index is 0.122. The quantitative estimate of drug-likeness (QED) is 0.911. The van der Waals surface area contributed by atoms with Crippen molar-refractivity contribution in [1.29, 1.82) is 0 Å². The molecule has 0 bridgehead atoms. The van der Waals surface area contributed by atoms with Gasteiger partial charge in [-0.1, -0.05) is 12.1 Å². The Balaban J connectivity index is 1.57. The van der Waals surface area contributed by atoms with Crippen LogP contribution < -0.4 is 10.6 Å². The summed E-state index contributed by atoms with van der Waals surface area (Å²) in [5.41, 5.74) is 1.05. The Kier molecular flexibility index (Phi) is 4.51. The SMILES string of the molecule is CC(Cc1nc2ccccc2s1)NC(=O)C1CCCNC1. The van der Waals surface area contributed by atoms with Crippen LogP contribution in [-0.4, -0.2) is 30.0 Å². The van der Waals surface area contributed by atoms with E-state index in [2.05, 4.69) is 28.6 Å². The summed E-state index contributed by atoms with van der Waals surface area (Å²) in [6.45, 7) is 3.89. The van der Waals surface area contributed by atoms with Gasteiger partial charge in [-0.3, -0.25) is 4.79 Å². The molecule has 2 atom stereocenters. The smallest absolute Gasteiger partial charge is 0.224 e. The van der Waals surface area contributed by atoms with Crippen LogP contribution in [0.5, 0.6) is 0 Å². The van der Waals surface area contributed by atoms with Crippen LogP contribution >= 0.6 is 11.3 Å². The number of amides is 1. The Labute approximate surface area is 129 Å². The number of carbonyl (C=O) groups is 1. The van der Waals surface area contributed by atoms with Crippen LogP contribution in [0.2, 0.25) is 0 Å². The average Bonchev–Trinajstić information content (AvgIpc) is 2.90. The predicted molar refractivity (Wildman–Crippen MR) is 86.5 cm³/mol. The van der Waals surface area contributed by atoms with Crippen LogP contribution in [0.1, 0.15) is 24.8 Å². The van der Waals surface area contributed by atoms with Gasteiger partial charge in [0.05, 0.1) is 21.1 Å². The minimum Gasteiger partial charge on any atom is -0.353 e. The molecule has 5 heteroatoms. The van der Waals surface area contributed by atoms with Crippen molar-refractivity contribution in [3.63, 3.8) is 0 Å². The van der Waals surface area contributed by atoms with Gasteiger partial charge in [0.1, 0.15) is 0 Å². The zero-order valence-corrected chi connectivity index (χ0v) is 13.1. The molecule has 4 nitrogen and oxygen atoms in total. The van der Waals surface area contributed by atoms with E-state index in [0.717, 1.165) is 42.9 Å². The zero-order chi connectivity index (χ0) is 14.7. The van der Waals surface area contributed by atoms with Gasteiger partial charge in [0, 0.05) is 19.0 Å². The molecular formula is C16H21N3OS. The van der Waals surface area contributed by atoms with E-state index < -0.39 is 0 Å². The van der Waals surface area contributed by atoms with Crippen molar-refractivity contribution in [2.24, 2.45) is 5.92 Å². The van der Waals surface area contributed by atoms with Gasteiger partial charge >= 0.3 is 0 Å². The van der Waals surface area contributed by atoms with E-state index in [4.69, 9.17) is 0 Å². The van der Waals surface area contributed by atoms with Crippen LogP contribution in [-0.2, 0) is 11.2 Å². The Morgan fingerprint density at radius 3 is 3.14 bits per heavy atom. The number of nitrogens with one attached hydrogen (secondary N) is 2. The van der Waals surface area contributed by atoms with E-state index in [1.165, 1.54) is 4.70 Å². The summed E-state index contributed by atoms with van der Waals surface area (Å²) in [7, 11) is 0. The molecule has 2 heterocycles. The first-order valence-electron chi connectivity index (χ1n) is 7.58. The van der Waals surface area contributed by atoms with Crippen molar-refractivity contribution < 1.29 is 4.79 Å². The molecule has 1 aromatic heterocycles. The molecule has 2 aromatic rings. The van der Waals surface area contributed by atoms with Crippen LogP contribution in [0.3, 0.4) is 0 Å². The molecule has 3 rings (SSSR count). The maximum atomic E-state index is 12.2. The highest BCUT2D eigenvalue weighted by molar-refractivity contribution is 7.18. The Hall–Kier alpha value is -1.46. The second-order valence-corrected chi connectivity index (χ2v) is 6.85. The lowest BCUT2D eigenvalue weighted by Crippen LogP contribution is -2.44. The van der Waals surface area contributed by atoms with Crippen molar-refractivity contribution in [1.82, 2.24) is 15.6 Å². The van der Waals surface area contributed by atoms with Crippen molar-refractivity contribution in [2.75, 3.05) is 13.1 Å². The molecule has 1 amide bonds. The van der Waals surface area contributed by atoms with Crippen LogP contribution in [0, 0.1) is 5.92 Å². The number of rotatable bonds is 4. The van der Waals surface area contributed by atoms with Crippen molar-refractivity contribution in [2.45, 2.75) is 32.2 Å². The first-order valence-corrected chi connectivity index (χ1v) is 8.39. The van der Waals surface area contributed by atoms with E-state index in [9.17, 15) is 4.79 Å². The molecule has 1 aliphatic heterocycles. The molecule has 0 spiro atoms. The highest BCUT2D eigenvalue weighted by atomic mass is 32.1. The number of para-hydroxylation sites is 1. The number of thiazole rings is 1. The fourth-order valence-corrected chi connectivity index (χ4v) is 3.85. The number of hydrogen-bond acceptors (Lipinski definition) is 4. The summed E-state index contributed by atoms with van der Waals surface area (Å²) in [4.78, 5) is 16.8. The third kappa shape index (κ3) is 3.60. The minimum atomic E-state index is 0.122. The van der Waals surface area contributed by atoms with E-state index >= 15 is 0 Å². The molecule has 0 radical (unpaired) electrons. The number of benzene rings is 1. The second-order valence-electron chi connectivity index (χ2n) is 5.73. The molecule has 0 aliphatic carbocycles. The molecule has 2 N–H and O–H groups in total. The first-order chi connectivity index (χ1) is 10.2. The van der Waals surface area contributed by atoms with Gasteiger partial charge in [-0.2, -0.15) is 0 Å². The molecule has 21 heavy (non-hydrogen) atoms. The van der Waals surface area contributed by atoms with E-state index in [1.807, 2.05) is 18.2 Å². The summed E-state index contributed by atoms with van der Waals surface area (Å²) in [6.07, 6.45) is 2.88. The fraction of sp³-hybridized carbons (Fsp3) is 0.500. The number of fused-ring (bicyclic) bond motifs is 1. The standard InChI is InChI=1S/C16H21N3OS/c1-11(18-16(20)12-5-4-8-17-10-12)9-15-19-13-6-2-3-7-14(13)21-15/h2-3,6-7,11-12,17H,4-5,8-10H2,1H3,(H,18,20). The number of piperidine rings is 1. The summed E-state index contributed by atoms with van der Waals surface area (Å²) >= 11 is 1.71. The van der Waals surface area contributed by atoms with E-state index in [1.54, 1.807) is 11.3 Å². The molecule has 0 saturated carbocycles. The molecule has 112 valence electrons. The molecule has 1 saturated heterocycles. The number of nitrogens with zero attached hydrogens (tertiary/aromatic N) is 1. The summed E-state index contributed by atoms with van der Waals surface area (Å²) in [5.74, 6) is 0.298. The van der Waals surface area contributed by atoms with Crippen LogP contribution in [0.15, 0.2) is 24.3 Å². The third-order valence-electron chi connectivity index (χ3n) is 3.88. The van der Waals surface area contributed by atoms with Crippen molar-refractivity contribution >= 4 is 27.5 Å². The molecule has 1 aliphatic rings. The lowest BCUT2D eigenvalue weighted by atomic mass is 9.98. The topological polar surface area (TPSA) is 54.0 Å². The summed E-state index contributed by atoms with van der Waals surface area (Å²) < 4.78 is 1.21. The number of aromatic nitrogens is 1. The maximum absolute atomic E-state index is 12.2. The zero-order valence-electron chi connectivity index (χ0n) is 12.3. The van der Waals surface area contributed by atoms with Crippen molar-refractivity contribution in [3.8, 4) is 0 Å². The van der Waals surface area contributed by atoms with Gasteiger partial charge in [-0.25, -0.2) is 4.98 Å². The lowest BCUT2D eigenvalue weighted by Gasteiger charge is -2.23. The predicted octanol–water partition coefficient (Wildman–Crippen LogP) is 2.34. The first kappa shape index (κ1) is 14.5. The molecule has 1 fully saturated rings. The third-order valence-corrected chi connectivity index (χ3v) is 4.93. The van der Waals surface area contributed by atoms with Gasteiger partial charge in [-0.15, -0.1) is 11.3 Å². The Morgan fingerprint density at radius 1 is 1.52 bits per heavy atom. The number of carbonyl (C=O) groups excluding carboxylic acids is 1. The fourth-order valence-electron chi connectivity index (χ4n) is 2.76. The second kappa shape index (κ2) is 6.54. The maximum Gasteiger partial charge on any atom is 0.224 e. The molecular weight excluding hydrogens is 282 g/mol. The van der Waals surface area contributed by atoms with E-state index in [-0.39, 0.29) is 17.9 Å². The van der Waals surface area contributed by atoms with Gasteiger partial charge in [0.25, 0.3) is 0 Å². The molecule has 2 unspecified atom stereocenters. The average molecular weight is 303 g/mol. The molecule has 1 aromatic carbocycles. The lowest BCUT2D eigenvalue weighted by molar-refractivity contribution is -0.126. The Morgan fingerprint density at radius 2 is 2.38 bits per heavy atom. The summed E-state index contributed by atoms with van der Waals surface area (Å²) in [6, 6.07) is 8.29. The van der Waals surface area contributed by atoms with Crippen molar-refractivity contribution in [3.05, 3.63) is 29.3 Å². The highest BCUT2D eigenvalue weighted by Crippen LogP contribution is 2.22. The van der Waals surface area contributed by atoms with E-state index in [0.29, 0.717) is 0 Å².